The van der Waals surface area contributed by atoms with E-state index in [4.69, 9.17) is 28.4 Å². The number of aliphatic hydroxyl groups excluding tert-OH is 2. The van der Waals surface area contributed by atoms with Crippen LogP contribution in [0.5, 0.6) is 0 Å². The molecule has 4 aliphatic rings. The van der Waals surface area contributed by atoms with E-state index in [1.165, 1.54) is 40.7 Å². The summed E-state index contributed by atoms with van der Waals surface area (Å²) in [6, 6.07) is 0. The maximum Gasteiger partial charge on any atom is 0.342 e. The van der Waals surface area contributed by atoms with E-state index < -0.39 is 94.9 Å². The van der Waals surface area contributed by atoms with Crippen molar-refractivity contribution in [2.24, 2.45) is 17.3 Å². The normalized spacial score (nSPS) is 43.1. The number of carbonyl (C=O) groups excluding carboxylic acids is 5. The first-order chi connectivity index (χ1) is 19.0. The van der Waals surface area contributed by atoms with E-state index in [-0.39, 0.29) is 25.0 Å². The fourth-order valence-electron chi connectivity index (χ4n) is 7.14. The molecular formula is C28H38O13. The lowest BCUT2D eigenvalue weighted by Crippen LogP contribution is -2.66. The fraction of sp³-hybridized carbons (Fsp3) is 0.750. The summed E-state index contributed by atoms with van der Waals surface area (Å²) in [6.45, 7) is 9.24. The largest absolute Gasteiger partial charge is 0.462 e. The molecule has 2 heterocycles. The Morgan fingerprint density at radius 2 is 1.49 bits per heavy atom. The minimum absolute atomic E-state index is 0.0471. The first kappa shape index (κ1) is 30.9. The monoisotopic (exact) mass is 582 g/mol. The molecule has 0 amide bonds. The number of esters is 5. The third-order valence-electron chi connectivity index (χ3n) is 9.19. The molecule has 0 aromatic heterocycles. The Kier molecular flexibility index (Phi) is 8.04. The van der Waals surface area contributed by atoms with Crippen molar-refractivity contribution in [1.82, 2.24) is 0 Å². The van der Waals surface area contributed by atoms with Crippen LogP contribution in [-0.2, 0) is 52.4 Å². The third-order valence-corrected chi connectivity index (χ3v) is 9.19. The van der Waals surface area contributed by atoms with Crippen molar-refractivity contribution in [3.63, 3.8) is 0 Å². The van der Waals surface area contributed by atoms with E-state index >= 15 is 0 Å². The molecule has 0 aromatic carbocycles. The second-order valence-corrected chi connectivity index (χ2v) is 11.8. The number of aliphatic hydroxyl groups is 2. The number of rotatable bonds is 5. The van der Waals surface area contributed by atoms with Gasteiger partial charge < -0.3 is 38.6 Å². The van der Waals surface area contributed by atoms with Crippen molar-refractivity contribution in [2.75, 3.05) is 6.61 Å². The molecule has 228 valence electrons. The standard InChI is InChI=1S/C28H38O13/c1-12-18(33)9-20(37-14(3)30)26(6)21(38-15(4)31)10-19(34)17(11-36-13(2)29)8-22-28(24(23(12)26)39-16(5)32)27(7,41-28)25(35)40-22/h8,12,18-24,33-34H,9-11H2,1-7H3. The Bertz CT molecular complexity index is 1160. The van der Waals surface area contributed by atoms with Crippen LogP contribution in [0.4, 0.5) is 0 Å². The zero-order chi connectivity index (χ0) is 30.7. The van der Waals surface area contributed by atoms with Crippen molar-refractivity contribution in [3.05, 3.63) is 11.6 Å². The van der Waals surface area contributed by atoms with Gasteiger partial charge in [-0.1, -0.05) is 13.8 Å². The van der Waals surface area contributed by atoms with E-state index in [1.54, 1.807) is 13.8 Å². The van der Waals surface area contributed by atoms with Gasteiger partial charge in [-0.15, -0.1) is 0 Å². The SMILES string of the molecule is CC(=O)OCC1=CC2OC(=O)C3(C)OC23C(OC(C)=O)C2C(C)C(O)CC(OC(C)=O)C2(C)C(OC(C)=O)CC1O. The lowest BCUT2D eigenvalue weighted by atomic mass is 9.53. The average molecular weight is 583 g/mol. The number of epoxide rings is 1. The Morgan fingerprint density at radius 3 is 2.00 bits per heavy atom. The molecule has 13 nitrogen and oxygen atoms in total. The second kappa shape index (κ2) is 10.7. The zero-order valence-corrected chi connectivity index (χ0v) is 24.2. The highest BCUT2D eigenvalue weighted by atomic mass is 16.7. The van der Waals surface area contributed by atoms with Gasteiger partial charge in [-0.25, -0.2) is 4.79 Å². The van der Waals surface area contributed by atoms with Gasteiger partial charge in [-0.2, -0.15) is 0 Å². The van der Waals surface area contributed by atoms with Gasteiger partial charge >= 0.3 is 29.8 Å². The summed E-state index contributed by atoms with van der Waals surface area (Å²) in [5, 5.41) is 22.7. The van der Waals surface area contributed by atoms with Gasteiger partial charge in [0.05, 0.1) is 12.2 Å². The van der Waals surface area contributed by atoms with Gasteiger partial charge in [0.2, 0.25) is 0 Å². The molecule has 2 aliphatic carbocycles. The molecule has 13 heteroatoms. The molecule has 11 unspecified atom stereocenters. The first-order valence-corrected chi connectivity index (χ1v) is 13.6. The Morgan fingerprint density at radius 1 is 0.927 bits per heavy atom. The van der Waals surface area contributed by atoms with Crippen molar-refractivity contribution >= 4 is 29.8 Å². The van der Waals surface area contributed by atoms with Gasteiger partial charge in [-0.05, 0) is 24.5 Å². The lowest BCUT2D eigenvalue weighted by Gasteiger charge is -2.56. The minimum atomic E-state index is -1.63. The number of hydrogen-bond donors (Lipinski definition) is 2. The smallest absolute Gasteiger partial charge is 0.342 e. The van der Waals surface area contributed by atoms with Gasteiger partial charge in [0, 0.05) is 51.9 Å². The predicted octanol–water partition coefficient (Wildman–Crippen LogP) is 0.512. The van der Waals surface area contributed by atoms with Crippen LogP contribution in [-0.4, -0.2) is 94.5 Å². The molecular weight excluding hydrogens is 544 g/mol. The number of ether oxygens (including phenoxy) is 6. The highest BCUT2D eigenvalue weighted by Gasteiger charge is 2.87. The van der Waals surface area contributed by atoms with Crippen LogP contribution in [0.2, 0.25) is 0 Å². The summed E-state index contributed by atoms with van der Waals surface area (Å²) < 4.78 is 34.5. The van der Waals surface area contributed by atoms with Crippen molar-refractivity contribution in [3.8, 4) is 0 Å². The Labute approximate surface area is 237 Å². The Balaban J connectivity index is 2.02. The molecule has 2 aliphatic heterocycles. The summed E-state index contributed by atoms with van der Waals surface area (Å²) in [5.41, 5.74) is -4.49. The fourth-order valence-corrected chi connectivity index (χ4v) is 7.14. The molecule has 3 fully saturated rings. The van der Waals surface area contributed by atoms with Crippen LogP contribution in [0, 0.1) is 17.3 Å². The highest BCUT2D eigenvalue weighted by molar-refractivity contribution is 5.89. The topological polar surface area (TPSA) is 184 Å². The van der Waals surface area contributed by atoms with E-state index in [0.29, 0.717) is 0 Å². The van der Waals surface area contributed by atoms with Gasteiger partial charge in [-0.3, -0.25) is 19.2 Å². The van der Waals surface area contributed by atoms with Gasteiger partial charge in [0.15, 0.2) is 17.3 Å². The van der Waals surface area contributed by atoms with Crippen molar-refractivity contribution in [1.29, 1.82) is 0 Å². The van der Waals surface area contributed by atoms with E-state index in [0.717, 1.165) is 0 Å². The average Bonchev–Trinajstić information content (AvgIpc) is 3.43. The quantitative estimate of drug-likeness (QED) is 0.198. The first-order valence-electron chi connectivity index (χ1n) is 13.6. The molecule has 2 saturated heterocycles. The van der Waals surface area contributed by atoms with Gasteiger partial charge in [0.25, 0.3) is 0 Å². The van der Waals surface area contributed by atoms with Crippen LogP contribution < -0.4 is 0 Å². The maximum atomic E-state index is 13.1. The van der Waals surface area contributed by atoms with Gasteiger partial charge in [0.1, 0.15) is 24.9 Å². The van der Waals surface area contributed by atoms with Crippen molar-refractivity contribution < 1.29 is 62.6 Å². The minimum Gasteiger partial charge on any atom is -0.462 e. The second-order valence-electron chi connectivity index (χ2n) is 11.8. The van der Waals surface area contributed by atoms with E-state index in [1.807, 2.05) is 0 Å². The third kappa shape index (κ3) is 5.01. The summed E-state index contributed by atoms with van der Waals surface area (Å²) >= 11 is 0. The predicted molar refractivity (Wildman–Crippen MR) is 135 cm³/mol. The molecule has 0 radical (unpaired) electrons. The summed E-state index contributed by atoms with van der Waals surface area (Å²) in [7, 11) is 0. The number of hydrogen-bond acceptors (Lipinski definition) is 13. The van der Waals surface area contributed by atoms with Crippen molar-refractivity contribution in [2.45, 2.75) is 109 Å². The molecule has 0 aromatic rings. The molecule has 0 bridgehead atoms. The molecule has 2 N–H and O–H groups in total. The molecule has 1 saturated carbocycles. The summed E-state index contributed by atoms with van der Waals surface area (Å²) in [5.74, 6) is -5.07. The molecule has 41 heavy (non-hydrogen) atoms. The lowest BCUT2D eigenvalue weighted by molar-refractivity contribution is -0.233. The zero-order valence-electron chi connectivity index (χ0n) is 24.2. The van der Waals surface area contributed by atoms with Crippen LogP contribution in [0.15, 0.2) is 11.6 Å². The number of fused-ring (bicyclic) bond motifs is 1. The summed E-state index contributed by atoms with van der Waals surface area (Å²) in [4.78, 5) is 62.2. The molecule has 11 atom stereocenters. The number of carbonyl (C=O) groups is 5. The van der Waals surface area contributed by atoms with Crippen LogP contribution in [0.1, 0.15) is 61.3 Å². The van der Waals surface area contributed by atoms with Crippen LogP contribution in [0.3, 0.4) is 0 Å². The van der Waals surface area contributed by atoms with E-state index in [9.17, 15) is 34.2 Å². The molecule has 4 rings (SSSR count). The van der Waals surface area contributed by atoms with Crippen LogP contribution >= 0.6 is 0 Å². The summed E-state index contributed by atoms with van der Waals surface area (Å²) in [6.07, 6.45) is -6.07. The Hall–Kier alpha value is -3.03. The van der Waals surface area contributed by atoms with Crippen LogP contribution in [0.25, 0.3) is 0 Å². The maximum absolute atomic E-state index is 13.1. The highest BCUT2D eigenvalue weighted by Crippen LogP contribution is 2.65. The molecule has 1 spiro atoms. The van der Waals surface area contributed by atoms with E-state index in [2.05, 4.69) is 0 Å².